The number of halogens is 1. The van der Waals surface area contributed by atoms with E-state index in [2.05, 4.69) is 9.47 Å². The lowest BCUT2D eigenvalue weighted by Crippen LogP contribution is -2.08. The molecule has 1 aromatic rings. The lowest BCUT2D eigenvalue weighted by atomic mass is 10.4. The van der Waals surface area contributed by atoms with Crippen LogP contribution in [0.1, 0.15) is 10.4 Å². The van der Waals surface area contributed by atoms with E-state index in [0.717, 1.165) is 0 Å². The number of rotatable bonds is 3. The van der Waals surface area contributed by atoms with Gasteiger partial charge in [0.25, 0.3) is 0 Å². The molecule has 0 fully saturated rings. The molecule has 0 atom stereocenters. The highest BCUT2D eigenvalue weighted by Crippen LogP contribution is 2.07. The Bertz CT molecular complexity index is 295. The standard InChI is InChI=1S/C7H5ClO4S/c8-7(10)12-4-11-6(9)5-1-2-13-3-5/h1-3H,4H2. The molecule has 0 spiro atoms. The fourth-order valence-corrected chi connectivity index (χ4v) is 1.26. The molecule has 0 radical (unpaired) electrons. The lowest BCUT2D eigenvalue weighted by molar-refractivity contribution is 0.00377. The number of hydrogen-bond acceptors (Lipinski definition) is 5. The summed E-state index contributed by atoms with van der Waals surface area (Å²) in [5.41, 5.74) is -0.575. The van der Waals surface area contributed by atoms with Crippen molar-refractivity contribution in [1.29, 1.82) is 0 Å². The van der Waals surface area contributed by atoms with Gasteiger partial charge < -0.3 is 9.47 Å². The van der Waals surface area contributed by atoms with Crippen molar-refractivity contribution in [2.45, 2.75) is 0 Å². The van der Waals surface area contributed by atoms with E-state index in [0.29, 0.717) is 5.56 Å². The molecule has 13 heavy (non-hydrogen) atoms. The van der Waals surface area contributed by atoms with Crippen molar-refractivity contribution < 1.29 is 19.1 Å². The molecule has 1 rings (SSSR count). The first-order chi connectivity index (χ1) is 6.20. The van der Waals surface area contributed by atoms with E-state index in [1.807, 2.05) is 0 Å². The summed E-state index contributed by atoms with van der Waals surface area (Å²) in [7, 11) is 0. The minimum absolute atomic E-state index is 0.427. The Morgan fingerprint density at radius 2 is 2.23 bits per heavy atom. The third kappa shape index (κ3) is 3.43. The quantitative estimate of drug-likeness (QED) is 0.445. The molecule has 0 unspecified atom stereocenters. The second-order valence-electron chi connectivity index (χ2n) is 1.94. The maximum Gasteiger partial charge on any atom is 0.406 e. The fourth-order valence-electron chi connectivity index (χ4n) is 0.593. The van der Waals surface area contributed by atoms with Gasteiger partial charge >= 0.3 is 11.4 Å². The van der Waals surface area contributed by atoms with Crippen molar-refractivity contribution >= 4 is 34.3 Å². The fraction of sp³-hybridized carbons (Fsp3) is 0.143. The van der Waals surface area contributed by atoms with Crippen LogP contribution in [0.3, 0.4) is 0 Å². The maximum absolute atomic E-state index is 11.0. The topological polar surface area (TPSA) is 52.6 Å². The van der Waals surface area contributed by atoms with Crippen molar-refractivity contribution in [2.24, 2.45) is 0 Å². The zero-order chi connectivity index (χ0) is 9.68. The van der Waals surface area contributed by atoms with Gasteiger partial charge in [-0.15, -0.1) is 0 Å². The molecule has 4 nitrogen and oxygen atoms in total. The van der Waals surface area contributed by atoms with E-state index in [4.69, 9.17) is 11.6 Å². The minimum Gasteiger partial charge on any atom is -0.424 e. The molecule has 0 saturated heterocycles. The van der Waals surface area contributed by atoms with Gasteiger partial charge in [-0.25, -0.2) is 9.59 Å². The van der Waals surface area contributed by atoms with Crippen LogP contribution in [0.5, 0.6) is 0 Å². The van der Waals surface area contributed by atoms with Gasteiger partial charge in [0.15, 0.2) is 0 Å². The Morgan fingerprint density at radius 1 is 1.46 bits per heavy atom. The molecule has 0 aromatic carbocycles. The lowest BCUT2D eigenvalue weighted by Gasteiger charge is -2.01. The molecule has 0 N–H and O–H groups in total. The van der Waals surface area contributed by atoms with Gasteiger partial charge in [0, 0.05) is 17.0 Å². The molecular formula is C7H5ClO4S. The van der Waals surface area contributed by atoms with E-state index in [9.17, 15) is 9.59 Å². The van der Waals surface area contributed by atoms with Crippen molar-refractivity contribution in [1.82, 2.24) is 0 Å². The van der Waals surface area contributed by atoms with E-state index < -0.39 is 18.2 Å². The van der Waals surface area contributed by atoms with E-state index in [1.165, 1.54) is 11.3 Å². The van der Waals surface area contributed by atoms with Gasteiger partial charge in [-0.2, -0.15) is 11.3 Å². The van der Waals surface area contributed by atoms with Gasteiger partial charge in [0.05, 0.1) is 5.56 Å². The Hall–Kier alpha value is -1.07. The molecule has 1 heterocycles. The summed E-state index contributed by atoms with van der Waals surface area (Å²) in [5.74, 6) is -0.542. The number of carbonyl (C=O) groups excluding carboxylic acids is 2. The zero-order valence-electron chi connectivity index (χ0n) is 6.36. The average Bonchev–Trinajstić information content (AvgIpc) is 2.55. The predicted octanol–water partition coefficient (Wildman–Crippen LogP) is 2.24. The van der Waals surface area contributed by atoms with Crippen LogP contribution < -0.4 is 0 Å². The van der Waals surface area contributed by atoms with Crippen LogP contribution in [0.25, 0.3) is 0 Å². The SMILES string of the molecule is O=C(Cl)OCOC(=O)c1ccsc1. The summed E-state index contributed by atoms with van der Waals surface area (Å²) in [6.07, 6.45) is 0. The highest BCUT2D eigenvalue weighted by atomic mass is 35.5. The van der Waals surface area contributed by atoms with Gasteiger partial charge in [-0.1, -0.05) is 0 Å². The van der Waals surface area contributed by atoms with Crippen LogP contribution in [-0.4, -0.2) is 18.2 Å². The number of hydrogen-bond donors (Lipinski definition) is 0. The van der Waals surface area contributed by atoms with Crippen molar-refractivity contribution in [3.63, 3.8) is 0 Å². The summed E-state index contributed by atoms with van der Waals surface area (Å²) in [6.45, 7) is -0.461. The van der Waals surface area contributed by atoms with Gasteiger partial charge in [0.2, 0.25) is 6.79 Å². The van der Waals surface area contributed by atoms with Crippen LogP contribution in [0, 0.1) is 0 Å². The molecule has 0 aliphatic heterocycles. The summed E-state index contributed by atoms with van der Waals surface area (Å²) in [6, 6.07) is 1.61. The second kappa shape index (κ2) is 4.84. The molecule has 0 aliphatic rings. The van der Waals surface area contributed by atoms with E-state index in [-0.39, 0.29) is 0 Å². The smallest absolute Gasteiger partial charge is 0.406 e. The van der Waals surface area contributed by atoms with Crippen LogP contribution in [0.15, 0.2) is 16.8 Å². The zero-order valence-corrected chi connectivity index (χ0v) is 7.93. The van der Waals surface area contributed by atoms with Crippen molar-refractivity contribution in [2.75, 3.05) is 6.79 Å². The molecule has 1 aromatic heterocycles. The first-order valence-corrected chi connectivity index (χ1v) is 4.54. The second-order valence-corrected chi connectivity index (χ2v) is 3.03. The third-order valence-electron chi connectivity index (χ3n) is 1.12. The first kappa shape index (κ1) is 10.0. The number of carbonyl (C=O) groups is 2. The van der Waals surface area contributed by atoms with Crippen LogP contribution in [0.2, 0.25) is 0 Å². The Morgan fingerprint density at radius 3 is 2.77 bits per heavy atom. The van der Waals surface area contributed by atoms with Crippen LogP contribution >= 0.6 is 22.9 Å². The van der Waals surface area contributed by atoms with Crippen molar-refractivity contribution in [3.05, 3.63) is 22.4 Å². The van der Waals surface area contributed by atoms with Gasteiger partial charge in [-0.3, -0.25) is 0 Å². The van der Waals surface area contributed by atoms with Gasteiger partial charge in [0.1, 0.15) is 0 Å². The summed E-state index contributed by atoms with van der Waals surface area (Å²) >= 11 is 6.21. The minimum atomic E-state index is -1.00. The molecule has 70 valence electrons. The van der Waals surface area contributed by atoms with Crippen molar-refractivity contribution in [3.8, 4) is 0 Å². The molecule has 0 bridgehead atoms. The molecule has 0 saturated carbocycles. The summed E-state index contributed by atoms with van der Waals surface area (Å²) in [5, 5.41) is 3.37. The summed E-state index contributed by atoms with van der Waals surface area (Å²) in [4.78, 5) is 21.1. The van der Waals surface area contributed by atoms with E-state index in [1.54, 1.807) is 16.8 Å². The number of esters is 1. The Balaban J connectivity index is 2.31. The van der Waals surface area contributed by atoms with Crippen LogP contribution in [-0.2, 0) is 9.47 Å². The average molecular weight is 221 g/mol. The Kier molecular flexibility index (Phi) is 3.72. The maximum atomic E-state index is 11.0. The normalized spacial score (nSPS) is 9.31. The third-order valence-corrected chi connectivity index (χ3v) is 1.91. The van der Waals surface area contributed by atoms with Crippen LogP contribution in [0.4, 0.5) is 4.79 Å². The molecule has 0 aliphatic carbocycles. The van der Waals surface area contributed by atoms with Gasteiger partial charge in [-0.05, 0) is 11.4 Å². The first-order valence-electron chi connectivity index (χ1n) is 3.21. The molecule has 0 amide bonds. The molecule has 6 heteroatoms. The number of ether oxygens (including phenoxy) is 2. The monoisotopic (exact) mass is 220 g/mol. The van der Waals surface area contributed by atoms with E-state index >= 15 is 0 Å². The number of thiophene rings is 1. The summed E-state index contributed by atoms with van der Waals surface area (Å²) < 4.78 is 8.73. The Labute approximate surface area is 83.0 Å². The highest BCUT2D eigenvalue weighted by Gasteiger charge is 2.07. The molecular weight excluding hydrogens is 216 g/mol. The predicted molar refractivity (Wildman–Crippen MR) is 46.9 cm³/mol. The highest BCUT2D eigenvalue weighted by molar-refractivity contribution is 7.08. The largest absolute Gasteiger partial charge is 0.424 e.